The van der Waals surface area contributed by atoms with Gasteiger partial charge in [-0.3, -0.25) is 4.79 Å². The van der Waals surface area contributed by atoms with Crippen molar-refractivity contribution >= 4 is 5.78 Å². The molecule has 0 heterocycles. The monoisotopic (exact) mass is 439 g/mol. The fourth-order valence-corrected chi connectivity index (χ4v) is 3.66. The first-order valence-corrected chi connectivity index (χ1v) is 12.3. The highest BCUT2D eigenvalue weighted by molar-refractivity contribution is 5.88. The maximum atomic E-state index is 12.9. The topological polar surface area (TPSA) is 76.4 Å². The third kappa shape index (κ3) is 13.4. The van der Waals surface area contributed by atoms with Crippen LogP contribution in [0.3, 0.4) is 0 Å². The van der Waals surface area contributed by atoms with Crippen molar-refractivity contribution in [2.24, 2.45) is 11.1 Å². The number of nitrogens with one attached hydrogen (secondary N) is 2. The summed E-state index contributed by atoms with van der Waals surface area (Å²) in [6, 6.07) is -0.0889. The van der Waals surface area contributed by atoms with Gasteiger partial charge in [0.05, 0.1) is 12.6 Å². The molecule has 0 aliphatic heterocycles. The Morgan fingerprint density at radius 2 is 1.65 bits per heavy atom. The number of Topliss-reactive ketones (excluding diaryl/α,β-unsaturated/α-hetero) is 1. The minimum atomic E-state index is -0.324. The van der Waals surface area contributed by atoms with Gasteiger partial charge in [0.2, 0.25) is 0 Å². The third-order valence-corrected chi connectivity index (χ3v) is 5.86. The molecule has 0 fully saturated rings. The zero-order valence-corrected chi connectivity index (χ0v) is 22.0. The molecule has 0 amide bonds. The number of unbranched alkanes of at least 4 members (excludes halogenated alkanes) is 2. The number of nitrogens with two attached hydrogens (primary N) is 1. The van der Waals surface area contributed by atoms with Crippen LogP contribution in [0.15, 0.2) is 12.2 Å². The van der Waals surface area contributed by atoms with E-state index in [1.165, 1.54) is 5.57 Å². The van der Waals surface area contributed by atoms with E-state index in [2.05, 4.69) is 51.8 Å². The smallest absolute Gasteiger partial charge is 0.155 e. The van der Waals surface area contributed by atoms with Gasteiger partial charge in [-0.1, -0.05) is 46.3 Å². The highest BCUT2D eigenvalue weighted by atomic mass is 16.5. The van der Waals surface area contributed by atoms with Gasteiger partial charge in [-0.15, -0.1) is 0 Å². The predicted molar refractivity (Wildman–Crippen MR) is 135 cm³/mol. The average Bonchev–Trinajstić information content (AvgIpc) is 2.66. The maximum absolute atomic E-state index is 12.9. The molecule has 5 nitrogen and oxygen atoms in total. The summed E-state index contributed by atoms with van der Waals surface area (Å²) in [5.41, 5.74) is 6.28. The number of ketones is 1. The Morgan fingerprint density at radius 3 is 2.16 bits per heavy atom. The van der Waals surface area contributed by atoms with E-state index in [1.54, 1.807) is 0 Å². The Bertz CT molecular complexity index is 520. The molecule has 0 aromatic rings. The van der Waals surface area contributed by atoms with Crippen molar-refractivity contribution < 1.29 is 9.53 Å². The highest BCUT2D eigenvalue weighted by Crippen LogP contribution is 2.24. The molecule has 0 spiro atoms. The second kappa shape index (κ2) is 14.4. The van der Waals surface area contributed by atoms with Gasteiger partial charge in [0.25, 0.3) is 0 Å². The molecule has 184 valence electrons. The van der Waals surface area contributed by atoms with E-state index < -0.39 is 0 Å². The first-order chi connectivity index (χ1) is 14.3. The number of carbonyl (C=O) groups is 1. The van der Waals surface area contributed by atoms with Crippen molar-refractivity contribution in [1.82, 2.24) is 10.6 Å². The quantitative estimate of drug-likeness (QED) is 0.220. The maximum Gasteiger partial charge on any atom is 0.155 e. The fraction of sp³-hybridized carbons (Fsp3) is 0.885. The van der Waals surface area contributed by atoms with Gasteiger partial charge in [0, 0.05) is 29.6 Å². The van der Waals surface area contributed by atoms with Crippen LogP contribution in [0.5, 0.6) is 0 Å². The molecule has 0 aliphatic carbocycles. The number of hydrogen-bond donors (Lipinski definition) is 3. The van der Waals surface area contributed by atoms with Crippen molar-refractivity contribution in [1.29, 1.82) is 0 Å². The van der Waals surface area contributed by atoms with Gasteiger partial charge < -0.3 is 21.1 Å². The largest absolute Gasteiger partial charge is 0.380 e. The van der Waals surface area contributed by atoms with Crippen molar-refractivity contribution in [2.45, 2.75) is 117 Å². The second-order valence-electron chi connectivity index (χ2n) is 11.1. The molecule has 0 aliphatic rings. The summed E-state index contributed by atoms with van der Waals surface area (Å²) in [5.74, 6) is 0.303. The van der Waals surface area contributed by atoms with Gasteiger partial charge in [-0.2, -0.15) is 0 Å². The summed E-state index contributed by atoms with van der Waals surface area (Å²) < 4.78 is 5.46. The Kier molecular flexibility index (Phi) is 14.1. The second-order valence-corrected chi connectivity index (χ2v) is 11.1. The molecule has 2 atom stereocenters. The van der Waals surface area contributed by atoms with Crippen LogP contribution >= 0.6 is 0 Å². The summed E-state index contributed by atoms with van der Waals surface area (Å²) in [7, 11) is 0. The van der Waals surface area contributed by atoms with E-state index >= 15 is 0 Å². The molecular weight excluding hydrogens is 386 g/mol. The van der Waals surface area contributed by atoms with Crippen molar-refractivity contribution in [2.75, 3.05) is 26.3 Å². The van der Waals surface area contributed by atoms with Gasteiger partial charge in [-0.05, 0) is 72.8 Å². The molecule has 0 aromatic heterocycles. The summed E-state index contributed by atoms with van der Waals surface area (Å²) in [6.07, 6.45) is 7.12. The highest BCUT2D eigenvalue weighted by Gasteiger charge is 2.31. The normalized spacial score (nSPS) is 15.5. The average molecular weight is 440 g/mol. The molecule has 4 N–H and O–H groups in total. The van der Waals surface area contributed by atoms with Crippen LogP contribution in [0.25, 0.3) is 0 Å². The minimum absolute atomic E-state index is 0.0393. The number of carbonyl (C=O) groups excluding carboxylic acids is 1. The molecule has 0 saturated heterocycles. The lowest BCUT2D eigenvalue weighted by Crippen LogP contribution is -2.50. The van der Waals surface area contributed by atoms with Crippen LogP contribution in [0.2, 0.25) is 0 Å². The Morgan fingerprint density at radius 1 is 1.00 bits per heavy atom. The Hall–Kier alpha value is -0.750. The van der Waals surface area contributed by atoms with E-state index in [-0.39, 0.29) is 22.5 Å². The standard InChI is InChI=1S/C26H53N3O2/c1-10-26(9,21(2)15-12-14-19-31-20-17-27)28-18-13-11-16-22(29-25(6,7)8)23(30)24(3,4)5/h22,28-29H,2,10-20,27H2,1,3-9H3/t22-,26?/m0/s1. The van der Waals surface area contributed by atoms with Crippen LogP contribution in [0.1, 0.15) is 100 Å². The van der Waals surface area contributed by atoms with Crippen molar-refractivity contribution in [3.8, 4) is 0 Å². The van der Waals surface area contributed by atoms with Crippen LogP contribution in [-0.2, 0) is 9.53 Å². The van der Waals surface area contributed by atoms with Gasteiger partial charge in [0.15, 0.2) is 5.78 Å². The van der Waals surface area contributed by atoms with Crippen LogP contribution in [0.4, 0.5) is 0 Å². The number of rotatable bonds is 17. The van der Waals surface area contributed by atoms with Gasteiger partial charge in [-0.25, -0.2) is 0 Å². The van der Waals surface area contributed by atoms with E-state index in [4.69, 9.17) is 10.5 Å². The van der Waals surface area contributed by atoms with E-state index in [1.807, 2.05) is 20.8 Å². The Labute approximate surface area is 193 Å². The predicted octanol–water partition coefficient (Wildman–Crippen LogP) is 4.99. The summed E-state index contributed by atoms with van der Waals surface area (Å²) in [6.45, 7) is 24.2. The number of hydrogen-bond acceptors (Lipinski definition) is 5. The molecule has 0 saturated carbocycles. The van der Waals surface area contributed by atoms with Crippen LogP contribution in [0, 0.1) is 5.41 Å². The SMILES string of the molecule is C=C(CCCCOCCN)C(C)(CC)NCCCC[C@H](NC(C)(C)C)C(=O)C(C)(C)C. The summed E-state index contributed by atoms with van der Waals surface area (Å²) in [4.78, 5) is 12.9. The minimum Gasteiger partial charge on any atom is -0.380 e. The van der Waals surface area contributed by atoms with Gasteiger partial charge in [0.1, 0.15) is 0 Å². The number of ether oxygens (including phenoxy) is 1. The first kappa shape index (κ1) is 30.2. The third-order valence-electron chi connectivity index (χ3n) is 5.86. The molecule has 0 radical (unpaired) electrons. The lowest BCUT2D eigenvalue weighted by atomic mass is 9.83. The molecular formula is C26H53N3O2. The van der Waals surface area contributed by atoms with E-state index in [9.17, 15) is 4.79 Å². The van der Waals surface area contributed by atoms with E-state index in [0.29, 0.717) is 18.9 Å². The Balaban J connectivity index is 4.47. The molecule has 5 heteroatoms. The van der Waals surface area contributed by atoms with Crippen molar-refractivity contribution in [3.63, 3.8) is 0 Å². The molecule has 31 heavy (non-hydrogen) atoms. The van der Waals surface area contributed by atoms with Crippen molar-refractivity contribution in [3.05, 3.63) is 12.2 Å². The molecule has 1 unspecified atom stereocenters. The lowest BCUT2D eigenvalue weighted by molar-refractivity contribution is -0.129. The molecule has 0 bridgehead atoms. The van der Waals surface area contributed by atoms with E-state index in [0.717, 1.165) is 58.1 Å². The summed E-state index contributed by atoms with van der Waals surface area (Å²) in [5, 5.41) is 7.27. The fourth-order valence-electron chi connectivity index (χ4n) is 3.66. The van der Waals surface area contributed by atoms with Crippen LogP contribution < -0.4 is 16.4 Å². The zero-order valence-electron chi connectivity index (χ0n) is 22.0. The van der Waals surface area contributed by atoms with Crippen LogP contribution in [-0.4, -0.2) is 49.2 Å². The zero-order chi connectivity index (χ0) is 24.1. The molecule has 0 rings (SSSR count). The van der Waals surface area contributed by atoms with Gasteiger partial charge >= 0.3 is 0 Å². The summed E-state index contributed by atoms with van der Waals surface area (Å²) >= 11 is 0. The molecule has 0 aromatic carbocycles. The first-order valence-electron chi connectivity index (χ1n) is 12.3. The lowest BCUT2D eigenvalue weighted by Gasteiger charge is -2.33.